The predicted octanol–water partition coefficient (Wildman–Crippen LogP) is -2.48. The molecule has 0 rings (SSSR count). The van der Waals surface area contributed by atoms with Gasteiger partial charge in [0, 0.05) is 0 Å². The normalized spacial score (nSPS) is 14.8. The van der Waals surface area contributed by atoms with Crippen molar-refractivity contribution < 1.29 is 34.2 Å². The van der Waals surface area contributed by atoms with Crippen LogP contribution in [0.1, 0.15) is 33.1 Å². The number of hydrogen-bond acceptors (Lipinski definition) is 8. The third-order valence-corrected chi connectivity index (χ3v) is 4.78. The van der Waals surface area contributed by atoms with Gasteiger partial charge in [-0.2, -0.15) is 11.8 Å². The van der Waals surface area contributed by atoms with Gasteiger partial charge < -0.3 is 37.6 Å². The zero-order valence-electron chi connectivity index (χ0n) is 17.9. The number of carbonyl (C=O) groups excluding carboxylic acids is 4. The third-order valence-electron chi connectivity index (χ3n) is 4.14. The van der Waals surface area contributed by atoms with Crippen molar-refractivity contribution in [2.24, 2.45) is 17.4 Å². The van der Waals surface area contributed by atoms with Gasteiger partial charge in [-0.3, -0.25) is 19.2 Å². The van der Waals surface area contributed by atoms with Crippen LogP contribution in [0.3, 0.4) is 0 Å². The first-order valence-electron chi connectivity index (χ1n) is 9.70. The van der Waals surface area contributed by atoms with Crippen LogP contribution in [0.4, 0.5) is 0 Å². The van der Waals surface area contributed by atoms with E-state index in [1.807, 2.05) is 13.8 Å². The van der Waals surface area contributed by atoms with E-state index in [2.05, 4.69) is 16.0 Å². The molecule has 0 heterocycles. The summed E-state index contributed by atoms with van der Waals surface area (Å²) in [7, 11) is 0. The summed E-state index contributed by atoms with van der Waals surface area (Å²) in [6.07, 6.45) is 1.61. The quantitative estimate of drug-likeness (QED) is 0.137. The topological polar surface area (TPSA) is 214 Å². The van der Waals surface area contributed by atoms with Gasteiger partial charge in [0.25, 0.3) is 0 Å². The molecule has 0 aliphatic carbocycles. The van der Waals surface area contributed by atoms with Crippen molar-refractivity contribution in [3.05, 3.63) is 0 Å². The van der Waals surface area contributed by atoms with Crippen LogP contribution in [0.2, 0.25) is 0 Å². The molecule has 4 unspecified atom stereocenters. The van der Waals surface area contributed by atoms with E-state index in [1.54, 1.807) is 6.26 Å². The summed E-state index contributed by atoms with van der Waals surface area (Å²) in [5.74, 6) is -4.05. The predicted molar refractivity (Wildman–Crippen MR) is 115 cm³/mol. The van der Waals surface area contributed by atoms with Crippen LogP contribution in [0.15, 0.2) is 0 Å². The Bertz CT molecular complexity index is 647. The summed E-state index contributed by atoms with van der Waals surface area (Å²) < 4.78 is 0. The van der Waals surface area contributed by atoms with E-state index < -0.39 is 66.8 Å². The molecule has 0 saturated heterocycles. The maximum atomic E-state index is 12.7. The SMILES string of the molecule is CSCCC(NC(=O)C(CC(N)=O)NC(=O)C(N)CO)C(=O)NC(CC(C)C)C(=O)O. The second kappa shape index (κ2) is 14.6. The van der Waals surface area contributed by atoms with Gasteiger partial charge >= 0.3 is 5.97 Å². The van der Waals surface area contributed by atoms with E-state index in [9.17, 15) is 29.1 Å². The Morgan fingerprint density at radius 1 is 0.935 bits per heavy atom. The van der Waals surface area contributed by atoms with Crippen LogP contribution in [-0.2, 0) is 24.0 Å². The molecule has 0 saturated carbocycles. The molecule has 4 atom stereocenters. The fourth-order valence-corrected chi connectivity index (χ4v) is 2.99. The Hall–Kier alpha value is -2.38. The molecule has 0 bridgehead atoms. The Morgan fingerprint density at radius 3 is 1.90 bits per heavy atom. The number of carboxylic acid groups (broad SMARTS) is 1. The number of aliphatic carboxylic acids is 1. The highest BCUT2D eigenvalue weighted by molar-refractivity contribution is 7.98. The number of nitrogens with two attached hydrogens (primary N) is 2. The van der Waals surface area contributed by atoms with Crippen LogP contribution < -0.4 is 27.4 Å². The van der Waals surface area contributed by atoms with E-state index in [0.717, 1.165) is 0 Å². The van der Waals surface area contributed by atoms with E-state index in [-0.39, 0.29) is 18.8 Å². The van der Waals surface area contributed by atoms with Gasteiger partial charge in [0.05, 0.1) is 13.0 Å². The number of aliphatic hydroxyl groups excluding tert-OH is 1. The van der Waals surface area contributed by atoms with Gasteiger partial charge in [-0.05, 0) is 30.8 Å². The monoisotopic (exact) mass is 463 g/mol. The molecule has 4 amide bonds. The molecule has 178 valence electrons. The van der Waals surface area contributed by atoms with Crippen molar-refractivity contribution in [1.82, 2.24) is 16.0 Å². The molecule has 0 radical (unpaired) electrons. The first kappa shape index (κ1) is 28.6. The first-order chi connectivity index (χ1) is 14.4. The number of nitrogens with one attached hydrogen (secondary N) is 3. The molecule has 0 aliphatic rings. The van der Waals surface area contributed by atoms with Gasteiger partial charge in [-0.1, -0.05) is 13.8 Å². The van der Waals surface area contributed by atoms with Crippen LogP contribution >= 0.6 is 11.8 Å². The fraction of sp³-hybridized carbons (Fsp3) is 0.722. The number of primary amides is 1. The van der Waals surface area contributed by atoms with Crippen LogP contribution in [0.25, 0.3) is 0 Å². The average Bonchev–Trinajstić information content (AvgIpc) is 2.68. The first-order valence-corrected chi connectivity index (χ1v) is 11.1. The zero-order chi connectivity index (χ0) is 24.1. The molecular weight excluding hydrogens is 430 g/mol. The number of amides is 4. The number of thioether (sulfide) groups is 1. The van der Waals surface area contributed by atoms with Gasteiger partial charge in [-0.15, -0.1) is 0 Å². The maximum absolute atomic E-state index is 12.7. The minimum atomic E-state index is -1.42. The lowest BCUT2D eigenvalue weighted by atomic mass is 10.0. The molecule has 0 spiro atoms. The summed E-state index contributed by atoms with van der Waals surface area (Å²) in [5, 5.41) is 25.4. The molecular formula is C18H33N5O7S. The van der Waals surface area contributed by atoms with Gasteiger partial charge in [0.15, 0.2) is 0 Å². The highest BCUT2D eigenvalue weighted by Crippen LogP contribution is 2.08. The van der Waals surface area contributed by atoms with E-state index >= 15 is 0 Å². The molecule has 12 nitrogen and oxygen atoms in total. The number of carboxylic acids is 1. The van der Waals surface area contributed by atoms with Crippen LogP contribution in [0.5, 0.6) is 0 Å². The summed E-state index contributed by atoms with van der Waals surface area (Å²) in [5.41, 5.74) is 10.5. The van der Waals surface area contributed by atoms with Crippen molar-refractivity contribution in [1.29, 1.82) is 0 Å². The molecule has 31 heavy (non-hydrogen) atoms. The van der Waals surface area contributed by atoms with E-state index in [4.69, 9.17) is 16.6 Å². The highest BCUT2D eigenvalue weighted by atomic mass is 32.2. The minimum Gasteiger partial charge on any atom is -0.480 e. The molecule has 0 aromatic carbocycles. The van der Waals surface area contributed by atoms with Crippen LogP contribution in [0, 0.1) is 5.92 Å². The number of hydrogen-bond donors (Lipinski definition) is 7. The second-order valence-corrected chi connectivity index (χ2v) is 8.38. The van der Waals surface area contributed by atoms with Gasteiger partial charge in [-0.25, -0.2) is 4.79 Å². The lowest BCUT2D eigenvalue weighted by Gasteiger charge is -2.25. The Balaban J connectivity index is 5.43. The summed E-state index contributed by atoms with van der Waals surface area (Å²) in [4.78, 5) is 60.0. The molecule has 0 fully saturated rings. The Kier molecular flexibility index (Phi) is 13.5. The van der Waals surface area contributed by atoms with E-state index in [0.29, 0.717) is 5.75 Å². The number of rotatable bonds is 15. The van der Waals surface area contributed by atoms with Crippen molar-refractivity contribution in [2.75, 3.05) is 18.6 Å². The van der Waals surface area contributed by atoms with Crippen molar-refractivity contribution in [3.8, 4) is 0 Å². The Labute approximate surface area is 185 Å². The summed E-state index contributed by atoms with van der Waals surface area (Å²) >= 11 is 1.41. The van der Waals surface area contributed by atoms with E-state index in [1.165, 1.54) is 11.8 Å². The average molecular weight is 464 g/mol. The molecule has 9 N–H and O–H groups in total. The summed E-state index contributed by atoms with van der Waals surface area (Å²) in [6.45, 7) is 2.94. The minimum absolute atomic E-state index is 0.00605. The second-order valence-electron chi connectivity index (χ2n) is 7.39. The standard InChI is InChI=1S/C18H33N5O7S/c1-9(2)6-13(18(29)30)23-16(27)11(4-5-31-3)21-17(28)12(7-14(20)25)22-15(26)10(19)8-24/h9-13,24H,4-8,19H2,1-3H3,(H2,20,25)(H,21,28)(H,22,26)(H,23,27)(H,29,30). The largest absolute Gasteiger partial charge is 0.480 e. The van der Waals surface area contributed by atoms with Crippen LogP contribution in [-0.4, -0.2) is 82.6 Å². The zero-order valence-corrected chi connectivity index (χ0v) is 18.7. The smallest absolute Gasteiger partial charge is 0.326 e. The lowest BCUT2D eigenvalue weighted by Crippen LogP contribution is -2.58. The fourth-order valence-electron chi connectivity index (χ4n) is 2.51. The van der Waals surface area contributed by atoms with Crippen molar-refractivity contribution in [2.45, 2.75) is 57.3 Å². The molecule has 13 heteroatoms. The number of aliphatic hydroxyl groups is 1. The van der Waals surface area contributed by atoms with Crippen molar-refractivity contribution >= 4 is 41.4 Å². The lowest BCUT2D eigenvalue weighted by molar-refractivity contribution is -0.143. The number of carbonyl (C=O) groups is 5. The molecule has 0 aromatic rings. The van der Waals surface area contributed by atoms with Crippen molar-refractivity contribution in [3.63, 3.8) is 0 Å². The molecule has 0 aromatic heterocycles. The third kappa shape index (κ3) is 11.5. The van der Waals surface area contributed by atoms with Gasteiger partial charge in [0.2, 0.25) is 23.6 Å². The highest BCUT2D eigenvalue weighted by Gasteiger charge is 2.31. The maximum Gasteiger partial charge on any atom is 0.326 e. The molecule has 0 aliphatic heterocycles. The Morgan fingerprint density at radius 2 is 1.45 bits per heavy atom. The summed E-state index contributed by atoms with van der Waals surface area (Å²) in [6, 6.07) is -4.97. The van der Waals surface area contributed by atoms with Gasteiger partial charge in [0.1, 0.15) is 24.2 Å².